The molecule has 2 amide bonds. The first-order valence-corrected chi connectivity index (χ1v) is 10.2. The van der Waals surface area contributed by atoms with Crippen molar-refractivity contribution in [3.05, 3.63) is 70.4 Å². The third kappa shape index (κ3) is 6.19. The second-order valence-corrected chi connectivity index (χ2v) is 7.51. The summed E-state index contributed by atoms with van der Waals surface area (Å²) in [5.74, 6) is 0.389. The Morgan fingerprint density at radius 1 is 1.00 bits per heavy atom. The van der Waals surface area contributed by atoms with E-state index in [1.807, 2.05) is 41.8 Å². The maximum Gasteiger partial charge on any atom is 0.266 e. The van der Waals surface area contributed by atoms with Crippen LogP contribution in [0, 0.1) is 0 Å². The van der Waals surface area contributed by atoms with Crippen LogP contribution in [0.4, 0.5) is 5.82 Å². The number of hydrogen-bond acceptors (Lipinski definition) is 6. The largest absolute Gasteiger partial charge is 0.355 e. The van der Waals surface area contributed by atoms with Gasteiger partial charge in [-0.3, -0.25) is 9.59 Å². The number of anilines is 1. The molecule has 2 N–H and O–H groups in total. The lowest BCUT2D eigenvalue weighted by Crippen LogP contribution is -2.27. The van der Waals surface area contributed by atoms with Gasteiger partial charge >= 0.3 is 0 Å². The predicted octanol–water partition coefficient (Wildman–Crippen LogP) is 3.24. The van der Waals surface area contributed by atoms with Gasteiger partial charge in [0.2, 0.25) is 5.91 Å². The second kappa shape index (κ2) is 9.84. The van der Waals surface area contributed by atoms with Crippen molar-refractivity contribution in [2.24, 2.45) is 0 Å². The Kier molecular flexibility index (Phi) is 6.95. The van der Waals surface area contributed by atoms with Gasteiger partial charge in [-0.05, 0) is 35.6 Å². The Labute approximate surface area is 165 Å². The summed E-state index contributed by atoms with van der Waals surface area (Å²) in [5.41, 5.74) is 1.19. The first-order valence-electron chi connectivity index (χ1n) is 8.33. The van der Waals surface area contributed by atoms with Crippen molar-refractivity contribution in [1.82, 2.24) is 15.5 Å². The summed E-state index contributed by atoms with van der Waals surface area (Å²) in [7, 11) is 0. The van der Waals surface area contributed by atoms with Crippen LogP contribution in [0.25, 0.3) is 0 Å². The van der Waals surface area contributed by atoms with Crippen molar-refractivity contribution in [3.63, 3.8) is 0 Å². The molecule has 0 aliphatic rings. The summed E-state index contributed by atoms with van der Waals surface area (Å²) < 4.78 is 0. The summed E-state index contributed by atoms with van der Waals surface area (Å²) in [6.07, 6.45) is 0.801. The van der Waals surface area contributed by atoms with Crippen molar-refractivity contribution < 1.29 is 9.59 Å². The van der Waals surface area contributed by atoms with Crippen LogP contribution >= 0.6 is 23.1 Å². The molecule has 0 fully saturated rings. The van der Waals surface area contributed by atoms with E-state index in [-0.39, 0.29) is 17.6 Å². The molecule has 0 bridgehead atoms. The normalized spacial score (nSPS) is 10.4. The highest BCUT2D eigenvalue weighted by molar-refractivity contribution is 7.99. The summed E-state index contributed by atoms with van der Waals surface area (Å²) in [6, 6.07) is 17.0. The Balaban J connectivity index is 1.39. The molecule has 27 heavy (non-hydrogen) atoms. The first kappa shape index (κ1) is 19.1. The molecule has 0 saturated carbocycles. The van der Waals surface area contributed by atoms with Crippen molar-refractivity contribution in [3.8, 4) is 0 Å². The van der Waals surface area contributed by atoms with Crippen LogP contribution in [0.3, 0.4) is 0 Å². The van der Waals surface area contributed by atoms with Crippen LogP contribution in [0.1, 0.15) is 15.2 Å². The highest BCUT2D eigenvalue weighted by atomic mass is 32.2. The fraction of sp³-hybridized carbons (Fsp3) is 0.158. The number of hydrogen-bond donors (Lipinski definition) is 2. The van der Waals surface area contributed by atoms with E-state index in [0.29, 0.717) is 22.3 Å². The highest BCUT2D eigenvalue weighted by Crippen LogP contribution is 2.16. The van der Waals surface area contributed by atoms with E-state index < -0.39 is 0 Å². The molecular weight excluding hydrogens is 380 g/mol. The number of nitrogens with one attached hydrogen (secondary N) is 2. The number of thiophene rings is 1. The van der Waals surface area contributed by atoms with Crippen LogP contribution in [0.15, 0.2) is 65.0 Å². The third-order valence-corrected chi connectivity index (χ3v) is 5.35. The number of nitrogens with zero attached hydrogens (tertiary/aromatic N) is 2. The lowest BCUT2D eigenvalue weighted by atomic mass is 10.1. The topological polar surface area (TPSA) is 84.0 Å². The summed E-state index contributed by atoms with van der Waals surface area (Å²) in [4.78, 5) is 24.5. The standard InChI is InChI=1S/C19H18N4O2S2/c24-17(20-11-10-14-5-2-1-3-6-14)13-27-18-9-8-16(22-23-18)21-19(25)15-7-4-12-26-15/h1-9,12H,10-11,13H2,(H,20,24)(H,21,22,25). The lowest BCUT2D eigenvalue weighted by molar-refractivity contribution is -0.118. The predicted molar refractivity (Wildman–Crippen MR) is 108 cm³/mol. The SMILES string of the molecule is O=C(CSc1ccc(NC(=O)c2cccs2)nn1)NCCc1ccccc1. The first-order chi connectivity index (χ1) is 13.2. The summed E-state index contributed by atoms with van der Waals surface area (Å²) in [5, 5.41) is 16.1. The molecular formula is C19H18N4O2S2. The number of carbonyl (C=O) groups is 2. The van der Waals surface area contributed by atoms with E-state index in [2.05, 4.69) is 20.8 Å². The van der Waals surface area contributed by atoms with Crippen molar-refractivity contribution >= 4 is 40.7 Å². The molecule has 3 aromatic rings. The van der Waals surface area contributed by atoms with Gasteiger partial charge in [0.05, 0.1) is 10.6 Å². The molecule has 138 valence electrons. The maximum absolute atomic E-state index is 12.0. The van der Waals surface area contributed by atoms with Gasteiger partial charge in [0.1, 0.15) is 5.03 Å². The highest BCUT2D eigenvalue weighted by Gasteiger charge is 2.09. The average molecular weight is 399 g/mol. The van der Waals surface area contributed by atoms with E-state index in [0.717, 1.165) is 6.42 Å². The number of carbonyl (C=O) groups excluding carboxylic acids is 2. The summed E-state index contributed by atoms with van der Waals surface area (Å²) in [6.45, 7) is 0.600. The zero-order chi connectivity index (χ0) is 18.9. The van der Waals surface area contributed by atoms with Crippen LogP contribution < -0.4 is 10.6 Å². The zero-order valence-electron chi connectivity index (χ0n) is 14.4. The van der Waals surface area contributed by atoms with Gasteiger partial charge in [0, 0.05) is 6.54 Å². The smallest absolute Gasteiger partial charge is 0.266 e. The monoisotopic (exact) mass is 398 g/mol. The Morgan fingerprint density at radius 3 is 2.56 bits per heavy atom. The molecule has 0 radical (unpaired) electrons. The molecule has 1 aromatic carbocycles. The quantitative estimate of drug-likeness (QED) is 0.569. The molecule has 8 heteroatoms. The molecule has 0 saturated heterocycles. The lowest BCUT2D eigenvalue weighted by Gasteiger charge is -2.05. The van der Waals surface area contributed by atoms with Crippen LogP contribution in [-0.2, 0) is 11.2 Å². The molecule has 0 spiro atoms. The fourth-order valence-electron chi connectivity index (χ4n) is 2.23. The van der Waals surface area contributed by atoms with E-state index in [4.69, 9.17) is 0 Å². The molecule has 6 nitrogen and oxygen atoms in total. The van der Waals surface area contributed by atoms with Crippen LogP contribution in [0.5, 0.6) is 0 Å². The van der Waals surface area contributed by atoms with Crippen LogP contribution in [-0.4, -0.2) is 34.3 Å². The Hall–Kier alpha value is -2.71. The van der Waals surface area contributed by atoms with Crippen LogP contribution in [0.2, 0.25) is 0 Å². The third-order valence-electron chi connectivity index (χ3n) is 3.56. The molecule has 2 heterocycles. The Bertz CT molecular complexity index is 868. The van der Waals surface area contributed by atoms with E-state index in [9.17, 15) is 9.59 Å². The molecule has 0 unspecified atom stereocenters. The number of amides is 2. The van der Waals surface area contributed by atoms with Crippen molar-refractivity contribution in [1.29, 1.82) is 0 Å². The van der Waals surface area contributed by atoms with Gasteiger partial charge < -0.3 is 10.6 Å². The summed E-state index contributed by atoms with van der Waals surface area (Å²) >= 11 is 2.66. The number of aromatic nitrogens is 2. The number of benzene rings is 1. The van der Waals surface area contributed by atoms with E-state index in [1.54, 1.807) is 18.2 Å². The minimum absolute atomic E-state index is 0.0483. The fourth-order valence-corrected chi connectivity index (χ4v) is 3.49. The minimum atomic E-state index is -0.211. The van der Waals surface area contributed by atoms with Gasteiger partial charge in [0.15, 0.2) is 5.82 Å². The van der Waals surface area contributed by atoms with Gasteiger partial charge in [-0.25, -0.2) is 0 Å². The van der Waals surface area contributed by atoms with Gasteiger partial charge in [-0.15, -0.1) is 21.5 Å². The van der Waals surface area contributed by atoms with Gasteiger partial charge in [-0.2, -0.15) is 0 Å². The molecule has 3 rings (SSSR count). The van der Waals surface area contributed by atoms with E-state index in [1.165, 1.54) is 28.7 Å². The molecule has 0 aliphatic heterocycles. The average Bonchev–Trinajstić information content (AvgIpc) is 3.23. The number of thioether (sulfide) groups is 1. The van der Waals surface area contributed by atoms with Crippen molar-refractivity contribution in [2.45, 2.75) is 11.4 Å². The maximum atomic E-state index is 12.0. The molecule has 2 aromatic heterocycles. The molecule has 0 aliphatic carbocycles. The zero-order valence-corrected chi connectivity index (χ0v) is 16.1. The molecule has 0 atom stereocenters. The second-order valence-electron chi connectivity index (χ2n) is 5.56. The Morgan fingerprint density at radius 2 is 1.85 bits per heavy atom. The van der Waals surface area contributed by atoms with E-state index >= 15 is 0 Å². The van der Waals surface area contributed by atoms with Crippen molar-refractivity contribution in [2.75, 3.05) is 17.6 Å². The number of rotatable bonds is 8. The minimum Gasteiger partial charge on any atom is -0.355 e. The van der Waals surface area contributed by atoms with Gasteiger partial charge in [0.25, 0.3) is 5.91 Å². The van der Waals surface area contributed by atoms with Gasteiger partial charge in [-0.1, -0.05) is 48.2 Å².